The topological polar surface area (TPSA) is 71.2 Å². The Labute approximate surface area is 303 Å². The molecule has 0 aliphatic heterocycles. The van der Waals surface area contributed by atoms with Crippen LogP contribution in [0.25, 0.3) is 0 Å². The summed E-state index contributed by atoms with van der Waals surface area (Å²) in [5, 5.41) is 6.56. The second-order valence-electron chi connectivity index (χ2n) is 15.9. The lowest BCUT2D eigenvalue weighted by molar-refractivity contribution is 0.116. The summed E-state index contributed by atoms with van der Waals surface area (Å²) in [5.41, 5.74) is 3.96. The van der Waals surface area contributed by atoms with Crippen molar-refractivity contribution in [3.63, 3.8) is 0 Å². The fraction of sp³-hybridized carbons (Fsp3) is 0.667. The molecular weight excluding hydrogens is 621 g/mol. The van der Waals surface area contributed by atoms with Gasteiger partial charge in [0, 0.05) is 76.1 Å². The molecule has 2 N–H and O–H groups in total. The number of nitrogens with one attached hydrogen (secondary N) is 2. The van der Waals surface area contributed by atoms with Crippen molar-refractivity contribution in [2.24, 2.45) is 11.8 Å². The summed E-state index contributed by atoms with van der Waals surface area (Å²) in [7, 11) is 8.15. The van der Waals surface area contributed by atoms with E-state index in [2.05, 4.69) is 54.5 Å². The van der Waals surface area contributed by atoms with Crippen LogP contribution in [0.3, 0.4) is 0 Å². The molecule has 8 heteroatoms. The maximum atomic E-state index is 14.1. The molecule has 4 amide bonds. The van der Waals surface area contributed by atoms with E-state index in [0.29, 0.717) is 11.8 Å². The third kappa shape index (κ3) is 11.3. The van der Waals surface area contributed by atoms with Gasteiger partial charge in [-0.1, -0.05) is 70.6 Å². The SMILES string of the molecule is CN(C)c1ccc(NC(=O)N(CC2CCCC(CN(C(=O)Nc3ccc(N(C)C)cc3)C3CCCCCCC3)C2)C2CCCCCCC2)cc1. The van der Waals surface area contributed by atoms with Gasteiger partial charge in [-0.05, 0) is 105 Å². The predicted octanol–water partition coefficient (Wildman–Crippen LogP) is 10.2. The second-order valence-corrected chi connectivity index (χ2v) is 15.9. The molecule has 2 unspecified atom stereocenters. The van der Waals surface area contributed by atoms with E-state index in [0.717, 1.165) is 87.2 Å². The summed E-state index contributed by atoms with van der Waals surface area (Å²) >= 11 is 0. The number of rotatable bonds is 10. The highest BCUT2D eigenvalue weighted by atomic mass is 16.2. The first-order chi connectivity index (χ1) is 24.3. The summed E-state index contributed by atoms with van der Waals surface area (Å²) in [6.07, 6.45) is 21.4. The normalized spacial score (nSPS) is 21.1. The van der Waals surface area contributed by atoms with Crippen molar-refractivity contribution in [3.8, 4) is 0 Å². The van der Waals surface area contributed by atoms with Crippen LogP contribution in [0, 0.1) is 11.8 Å². The van der Waals surface area contributed by atoms with Gasteiger partial charge < -0.3 is 30.2 Å². The third-order valence-corrected chi connectivity index (χ3v) is 11.6. The zero-order chi connectivity index (χ0) is 35.3. The third-order valence-electron chi connectivity index (χ3n) is 11.6. The lowest BCUT2D eigenvalue weighted by atomic mass is 9.80. The molecule has 3 aliphatic rings. The summed E-state index contributed by atoms with van der Waals surface area (Å²) < 4.78 is 0. The molecule has 0 aromatic heterocycles. The van der Waals surface area contributed by atoms with Crippen molar-refractivity contribution < 1.29 is 9.59 Å². The maximum absolute atomic E-state index is 14.1. The number of hydrogen-bond acceptors (Lipinski definition) is 4. The Kier molecular flexibility index (Phi) is 14.6. The molecule has 2 aromatic rings. The monoisotopic (exact) mass is 687 g/mol. The van der Waals surface area contributed by atoms with Crippen molar-refractivity contribution in [2.75, 3.05) is 61.7 Å². The molecule has 0 heterocycles. The average molecular weight is 687 g/mol. The van der Waals surface area contributed by atoms with Gasteiger partial charge in [0.2, 0.25) is 0 Å². The molecule has 0 spiro atoms. The summed E-state index contributed by atoms with van der Waals surface area (Å²) in [6.45, 7) is 1.60. The Morgan fingerprint density at radius 2 is 0.840 bits per heavy atom. The van der Waals surface area contributed by atoms with Gasteiger partial charge >= 0.3 is 12.1 Å². The molecule has 0 saturated heterocycles. The van der Waals surface area contributed by atoms with Crippen molar-refractivity contribution >= 4 is 34.8 Å². The number of amides is 4. The Morgan fingerprint density at radius 1 is 0.500 bits per heavy atom. The fourth-order valence-corrected chi connectivity index (χ4v) is 8.65. The van der Waals surface area contributed by atoms with Crippen LogP contribution in [-0.4, -0.2) is 75.2 Å². The first-order valence-electron chi connectivity index (χ1n) is 20.0. The van der Waals surface area contributed by atoms with Gasteiger partial charge in [-0.3, -0.25) is 0 Å². The number of benzene rings is 2. The van der Waals surface area contributed by atoms with E-state index in [1.807, 2.05) is 52.5 Å². The number of urea groups is 2. The van der Waals surface area contributed by atoms with Crippen LogP contribution in [0.1, 0.15) is 116 Å². The zero-order valence-electron chi connectivity index (χ0n) is 31.7. The Hall–Kier alpha value is -3.42. The molecular formula is C42H66N6O2. The smallest absolute Gasteiger partial charge is 0.322 e. The minimum Gasteiger partial charge on any atom is -0.378 e. The standard InChI is InChI=1S/C42H66N6O2/c1-45(2)37-26-22-35(23-27-37)43-41(49)47(39-18-11-7-5-8-12-19-39)31-33-16-15-17-34(30-33)32-48(40-20-13-9-6-10-14-21-40)42(50)44-36-24-28-38(29-25-36)46(3)4/h22-29,33-34,39-40H,5-21,30-32H2,1-4H3,(H,43,49)(H,44,50). The first-order valence-corrected chi connectivity index (χ1v) is 20.0. The van der Waals surface area contributed by atoms with Crippen LogP contribution < -0.4 is 20.4 Å². The molecule has 3 aliphatic carbocycles. The van der Waals surface area contributed by atoms with Crippen LogP contribution in [0.2, 0.25) is 0 Å². The summed E-state index contributed by atoms with van der Waals surface area (Å²) in [6, 6.07) is 17.0. The quantitative estimate of drug-likeness (QED) is 0.261. The van der Waals surface area contributed by atoms with Crippen molar-refractivity contribution in [2.45, 2.75) is 128 Å². The van der Waals surface area contributed by atoms with Crippen LogP contribution in [0.5, 0.6) is 0 Å². The van der Waals surface area contributed by atoms with E-state index in [-0.39, 0.29) is 24.1 Å². The molecule has 2 atom stereocenters. The number of hydrogen-bond donors (Lipinski definition) is 2. The number of nitrogens with zero attached hydrogens (tertiary/aromatic N) is 4. The minimum atomic E-state index is 0.0473. The lowest BCUT2D eigenvalue weighted by Crippen LogP contribution is -2.48. The molecule has 5 rings (SSSR count). The highest BCUT2D eigenvalue weighted by molar-refractivity contribution is 5.90. The molecule has 50 heavy (non-hydrogen) atoms. The van der Waals surface area contributed by atoms with Gasteiger partial charge in [-0.15, -0.1) is 0 Å². The number of anilines is 4. The van der Waals surface area contributed by atoms with Gasteiger partial charge in [-0.2, -0.15) is 0 Å². The number of carbonyl (C=O) groups is 2. The Morgan fingerprint density at radius 3 is 1.18 bits per heavy atom. The minimum absolute atomic E-state index is 0.0473. The fourth-order valence-electron chi connectivity index (χ4n) is 8.65. The van der Waals surface area contributed by atoms with Crippen molar-refractivity contribution in [1.29, 1.82) is 0 Å². The van der Waals surface area contributed by atoms with Gasteiger partial charge in [-0.25, -0.2) is 9.59 Å². The lowest BCUT2D eigenvalue weighted by Gasteiger charge is -2.40. The maximum Gasteiger partial charge on any atom is 0.322 e. The largest absolute Gasteiger partial charge is 0.378 e. The van der Waals surface area contributed by atoms with Crippen LogP contribution in [-0.2, 0) is 0 Å². The van der Waals surface area contributed by atoms with Crippen LogP contribution in [0.4, 0.5) is 32.3 Å². The van der Waals surface area contributed by atoms with E-state index in [1.54, 1.807) is 0 Å². The van der Waals surface area contributed by atoms with Gasteiger partial charge in [0.05, 0.1) is 0 Å². The van der Waals surface area contributed by atoms with Crippen molar-refractivity contribution in [3.05, 3.63) is 48.5 Å². The molecule has 276 valence electrons. The van der Waals surface area contributed by atoms with E-state index in [1.165, 1.54) is 64.2 Å². The van der Waals surface area contributed by atoms with Gasteiger partial charge in [0.1, 0.15) is 0 Å². The molecule has 3 saturated carbocycles. The summed E-state index contributed by atoms with van der Waals surface area (Å²) in [5.74, 6) is 0.892. The van der Waals surface area contributed by atoms with Crippen molar-refractivity contribution in [1.82, 2.24) is 9.80 Å². The molecule has 2 aromatic carbocycles. The highest BCUT2D eigenvalue weighted by Gasteiger charge is 2.33. The van der Waals surface area contributed by atoms with Gasteiger partial charge in [0.15, 0.2) is 0 Å². The molecule has 0 bridgehead atoms. The van der Waals surface area contributed by atoms with E-state index in [4.69, 9.17) is 0 Å². The molecule has 3 fully saturated rings. The molecule has 0 radical (unpaired) electrons. The molecule has 8 nitrogen and oxygen atoms in total. The van der Waals surface area contributed by atoms with Gasteiger partial charge in [0.25, 0.3) is 0 Å². The van der Waals surface area contributed by atoms with E-state index >= 15 is 0 Å². The summed E-state index contributed by atoms with van der Waals surface area (Å²) in [4.78, 5) is 36.8. The highest BCUT2D eigenvalue weighted by Crippen LogP contribution is 2.34. The average Bonchev–Trinajstić information content (AvgIpc) is 3.07. The Balaban J connectivity index is 1.28. The van der Waals surface area contributed by atoms with E-state index < -0.39 is 0 Å². The van der Waals surface area contributed by atoms with E-state index in [9.17, 15) is 9.59 Å². The zero-order valence-corrected chi connectivity index (χ0v) is 31.7. The number of carbonyl (C=O) groups excluding carboxylic acids is 2. The Bertz CT molecular complexity index is 1200. The van der Waals surface area contributed by atoms with Crippen LogP contribution in [0.15, 0.2) is 48.5 Å². The first kappa shape index (κ1) is 37.8. The predicted molar refractivity (Wildman–Crippen MR) is 211 cm³/mol. The second kappa shape index (κ2) is 19.3. The van der Waals surface area contributed by atoms with Crippen LogP contribution >= 0.6 is 0 Å².